The Labute approximate surface area is 166 Å². The number of nitrogens with one attached hydrogen (secondary N) is 1. The van der Waals surface area contributed by atoms with Crippen molar-refractivity contribution >= 4 is 17.2 Å². The average molecular weight is 401 g/mol. The number of H-pyrrole nitrogens is 1. The van der Waals surface area contributed by atoms with Gasteiger partial charge in [-0.25, -0.2) is 14.5 Å². The van der Waals surface area contributed by atoms with Gasteiger partial charge >= 0.3 is 5.69 Å². The fraction of sp³-hybridized carbons (Fsp3) is 0.474. The highest BCUT2D eigenvalue weighted by Gasteiger charge is 2.26. The monoisotopic (exact) mass is 401 g/mol. The standard InChI is InChI=1S/C19H23N5O3S/c1-12-15(13(2)27-22-12)11-17(25)23-7-5-14(6-8-23)10-16-20-21-19(26)24(16)18-4-3-9-28-18/h3-4,9,14H,5-8,10-11H2,1-2H3,(H,21,26). The third-order valence-corrected chi connectivity index (χ3v) is 6.27. The zero-order valence-electron chi connectivity index (χ0n) is 16.0. The molecule has 1 aliphatic heterocycles. The molecule has 0 atom stereocenters. The minimum atomic E-state index is -0.204. The van der Waals surface area contributed by atoms with Crippen molar-refractivity contribution in [3.63, 3.8) is 0 Å². The van der Waals surface area contributed by atoms with E-state index in [2.05, 4.69) is 15.4 Å². The van der Waals surface area contributed by atoms with Gasteiger partial charge in [0, 0.05) is 25.1 Å². The first-order valence-electron chi connectivity index (χ1n) is 9.42. The summed E-state index contributed by atoms with van der Waals surface area (Å²) in [6.07, 6.45) is 2.86. The van der Waals surface area contributed by atoms with Crippen molar-refractivity contribution < 1.29 is 9.32 Å². The number of likely N-dealkylation sites (tertiary alicyclic amines) is 1. The first kappa shape index (κ1) is 18.7. The first-order chi connectivity index (χ1) is 13.5. The number of hydrogen-bond donors (Lipinski definition) is 1. The van der Waals surface area contributed by atoms with Gasteiger partial charge in [-0.3, -0.25) is 4.79 Å². The first-order valence-corrected chi connectivity index (χ1v) is 10.3. The molecular formula is C19H23N5O3S. The smallest absolute Gasteiger partial charge is 0.348 e. The summed E-state index contributed by atoms with van der Waals surface area (Å²) in [4.78, 5) is 26.7. The Morgan fingerprint density at radius 2 is 2.14 bits per heavy atom. The predicted octanol–water partition coefficient (Wildman–Crippen LogP) is 2.25. The normalized spacial score (nSPS) is 15.3. The summed E-state index contributed by atoms with van der Waals surface area (Å²) < 4.78 is 6.81. The molecule has 8 nitrogen and oxygen atoms in total. The van der Waals surface area contributed by atoms with Gasteiger partial charge < -0.3 is 9.42 Å². The maximum absolute atomic E-state index is 12.6. The van der Waals surface area contributed by atoms with Crippen molar-refractivity contribution in [3.8, 4) is 5.00 Å². The second-order valence-corrected chi connectivity index (χ2v) is 8.17. The molecule has 0 saturated carbocycles. The van der Waals surface area contributed by atoms with Crippen molar-refractivity contribution in [2.75, 3.05) is 13.1 Å². The van der Waals surface area contributed by atoms with Crippen LogP contribution in [0.1, 0.15) is 35.7 Å². The van der Waals surface area contributed by atoms with Crippen LogP contribution in [0.15, 0.2) is 26.8 Å². The van der Waals surface area contributed by atoms with E-state index in [0.29, 0.717) is 18.1 Å². The van der Waals surface area contributed by atoms with E-state index in [1.807, 2.05) is 36.3 Å². The quantitative estimate of drug-likeness (QED) is 0.707. The van der Waals surface area contributed by atoms with Gasteiger partial charge in [-0.05, 0) is 50.1 Å². The fourth-order valence-corrected chi connectivity index (χ4v) is 4.50. The molecule has 0 unspecified atom stereocenters. The number of aromatic nitrogens is 4. The number of rotatable bonds is 5. The summed E-state index contributed by atoms with van der Waals surface area (Å²) in [5, 5.41) is 13.5. The van der Waals surface area contributed by atoms with Gasteiger partial charge in [0.05, 0.1) is 12.1 Å². The molecule has 1 amide bonds. The van der Waals surface area contributed by atoms with Crippen molar-refractivity contribution in [2.45, 2.75) is 39.5 Å². The molecule has 4 rings (SSSR count). The lowest BCUT2D eigenvalue weighted by Gasteiger charge is -2.32. The Kier molecular flexibility index (Phi) is 5.17. The van der Waals surface area contributed by atoms with E-state index in [0.717, 1.165) is 54.4 Å². The highest BCUT2D eigenvalue weighted by atomic mass is 32.1. The molecule has 9 heteroatoms. The molecule has 3 aromatic heterocycles. The minimum absolute atomic E-state index is 0.114. The topological polar surface area (TPSA) is 97.0 Å². The van der Waals surface area contributed by atoms with E-state index < -0.39 is 0 Å². The van der Waals surface area contributed by atoms with Crippen LogP contribution >= 0.6 is 11.3 Å². The highest BCUT2D eigenvalue weighted by molar-refractivity contribution is 7.12. The second-order valence-electron chi connectivity index (χ2n) is 7.24. The number of piperidine rings is 1. The number of aromatic amines is 1. The Morgan fingerprint density at radius 3 is 2.79 bits per heavy atom. The van der Waals surface area contributed by atoms with Crippen molar-refractivity contribution in [1.82, 2.24) is 24.8 Å². The van der Waals surface area contributed by atoms with Gasteiger partial charge in [0.25, 0.3) is 0 Å². The van der Waals surface area contributed by atoms with Crippen LogP contribution in [0.5, 0.6) is 0 Å². The lowest BCUT2D eigenvalue weighted by atomic mass is 9.93. The zero-order chi connectivity index (χ0) is 19.7. The SMILES string of the molecule is Cc1noc(C)c1CC(=O)N1CCC(Cc2n[nH]c(=O)n2-c2cccs2)CC1. The number of carbonyl (C=O) groups excluding carboxylic acids is 1. The number of amides is 1. The van der Waals surface area contributed by atoms with Gasteiger partial charge in [0.15, 0.2) is 0 Å². The molecule has 0 aromatic carbocycles. The van der Waals surface area contributed by atoms with Crippen LogP contribution < -0.4 is 5.69 Å². The summed E-state index contributed by atoms with van der Waals surface area (Å²) in [5.74, 6) is 1.99. The van der Waals surface area contributed by atoms with Crippen LogP contribution in [0.2, 0.25) is 0 Å². The van der Waals surface area contributed by atoms with Crippen LogP contribution in [-0.4, -0.2) is 43.8 Å². The van der Waals surface area contributed by atoms with Crippen LogP contribution in [0.3, 0.4) is 0 Å². The van der Waals surface area contributed by atoms with E-state index in [-0.39, 0.29) is 11.6 Å². The molecule has 4 heterocycles. The number of carbonyl (C=O) groups is 1. The molecule has 1 N–H and O–H groups in total. The van der Waals surface area contributed by atoms with Crippen LogP contribution in [0.4, 0.5) is 0 Å². The van der Waals surface area contributed by atoms with Crippen LogP contribution in [-0.2, 0) is 17.6 Å². The zero-order valence-corrected chi connectivity index (χ0v) is 16.8. The number of hydrogen-bond acceptors (Lipinski definition) is 6. The largest absolute Gasteiger partial charge is 0.361 e. The predicted molar refractivity (Wildman–Crippen MR) is 105 cm³/mol. The van der Waals surface area contributed by atoms with Crippen molar-refractivity contribution in [2.24, 2.45) is 5.92 Å². The molecule has 0 spiro atoms. The Morgan fingerprint density at radius 1 is 1.36 bits per heavy atom. The summed E-state index contributed by atoms with van der Waals surface area (Å²) in [5.41, 5.74) is 1.47. The van der Waals surface area contributed by atoms with E-state index in [1.54, 1.807) is 4.57 Å². The Balaban J connectivity index is 1.36. The minimum Gasteiger partial charge on any atom is -0.361 e. The molecule has 0 aliphatic carbocycles. The van der Waals surface area contributed by atoms with Crippen LogP contribution in [0, 0.1) is 19.8 Å². The lowest BCUT2D eigenvalue weighted by Crippen LogP contribution is -2.40. The van der Waals surface area contributed by atoms with Crippen LogP contribution in [0.25, 0.3) is 5.00 Å². The van der Waals surface area contributed by atoms with E-state index in [4.69, 9.17) is 4.52 Å². The summed E-state index contributed by atoms with van der Waals surface area (Å²) in [6, 6.07) is 3.84. The molecule has 3 aromatic rings. The van der Waals surface area contributed by atoms with Gasteiger partial charge in [0.2, 0.25) is 5.91 Å². The summed E-state index contributed by atoms with van der Waals surface area (Å²) >= 11 is 1.52. The van der Waals surface area contributed by atoms with Crippen molar-refractivity contribution in [1.29, 1.82) is 0 Å². The molecule has 28 heavy (non-hydrogen) atoms. The fourth-order valence-electron chi connectivity index (χ4n) is 3.75. The highest BCUT2D eigenvalue weighted by Crippen LogP contribution is 2.24. The molecule has 1 fully saturated rings. The third-order valence-electron chi connectivity index (χ3n) is 5.42. The lowest BCUT2D eigenvalue weighted by molar-refractivity contribution is -0.131. The maximum Gasteiger partial charge on any atom is 0.348 e. The van der Waals surface area contributed by atoms with Crippen molar-refractivity contribution in [3.05, 3.63) is 50.8 Å². The van der Waals surface area contributed by atoms with Gasteiger partial charge in [-0.2, -0.15) is 5.10 Å². The maximum atomic E-state index is 12.6. The molecule has 1 saturated heterocycles. The Hall–Kier alpha value is -2.68. The van der Waals surface area contributed by atoms with E-state index in [9.17, 15) is 9.59 Å². The second kappa shape index (κ2) is 7.75. The average Bonchev–Trinajstić information content (AvgIpc) is 3.40. The number of aryl methyl sites for hydroxylation is 2. The number of thiophene rings is 1. The van der Waals surface area contributed by atoms with E-state index in [1.165, 1.54) is 11.3 Å². The molecule has 148 valence electrons. The summed E-state index contributed by atoms with van der Waals surface area (Å²) in [6.45, 7) is 5.15. The Bertz CT molecular complexity index is 989. The van der Waals surface area contributed by atoms with E-state index >= 15 is 0 Å². The third kappa shape index (κ3) is 3.66. The van der Waals surface area contributed by atoms with Gasteiger partial charge in [-0.15, -0.1) is 11.3 Å². The van der Waals surface area contributed by atoms with Gasteiger partial charge in [0.1, 0.15) is 16.6 Å². The molecule has 0 bridgehead atoms. The molecule has 0 radical (unpaired) electrons. The number of nitrogens with zero attached hydrogens (tertiary/aromatic N) is 4. The molecular weight excluding hydrogens is 378 g/mol. The molecule has 1 aliphatic rings. The van der Waals surface area contributed by atoms with Gasteiger partial charge in [-0.1, -0.05) is 5.16 Å². The summed E-state index contributed by atoms with van der Waals surface area (Å²) in [7, 11) is 0.